The highest BCUT2D eigenvalue weighted by atomic mass is 35.5. The molecule has 0 saturated carbocycles. The van der Waals surface area contributed by atoms with Crippen molar-refractivity contribution in [1.29, 1.82) is 0 Å². The van der Waals surface area contributed by atoms with E-state index < -0.39 is 0 Å². The van der Waals surface area contributed by atoms with Crippen molar-refractivity contribution in [3.8, 4) is 0 Å². The van der Waals surface area contributed by atoms with Crippen LogP contribution in [0.3, 0.4) is 0 Å². The molecule has 0 bridgehead atoms. The van der Waals surface area contributed by atoms with Crippen molar-refractivity contribution in [2.24, 2.45) is 0 Å². The SMILES string of the molecule is CN(C(=O)c1ccoc1)C1CCCNCC1.Cl. The molecule has 1 unspecified atom stereocenters. The third kappa shape index (κ3) is 3.48. The standard InChI is InChI=1S/C12H18N2O2.ClH/c1-14(11-3-2-6-13-7-4-11)12(15)10-5-8-16-9-10;/h5,8-9,11,13H,2-4,6-7H2,1H3;1H. The average molecular weight is 259 g/mol. The van der Waals surface area contributed by atoms with Crippen LogP contribution in [0.25, 0.3) is 0 Å². The second-order valence-corrected chi connectivity index (χ2v) is 4.26. The zero-order valence-corrected chi connectivity index (χ0v) is 10.8. The van der Waals surface area contributed by atoms with Gasteiger partial charge in [-0.1, -0.05) is 0 Å². The Morgan fingerprint density at radius 1 is 1.47 bits per heavy atom. The molecule has 17 heavy (non-hydrogen) atoms. The van der Waals surface area contributed by atoms with E-state index in [1.54, 1.807) is 6.07 Å². The number of carbonyl (C=O) groups is 1. The molecule has 1 N–H and O–H groups in total. The van der Waals surface area contributed by atoms with Crippen LogP contribution in [0.1, 0.15) is 29.6 Å². The lowest BCUT2D eigenvalue weighted by Gasteiger charge is -2.26. The van der Waals surface area contributed by atoms with Crippen LogP contribution in [0.2, 0.25) is 0 Å². The maximum absolute atomic E-state index is 12.1. The van der Waals surface area contributed by atoms with Crippen LogP contribution in [0.5, 0.6) is 0 Å². The Morgan fingerprint density at radius 2 is 2.29 bits per heavy atom. The summed E-state index contributed by atoms with van der Waals surface area (Å²) >= 11 is 0. The Hall–Kier alpha value is -1.00. The fraction of sp³-hybridized carbons (Fsp3) is 0.583. The molecule has 1 fully saturated rings. The second kappa shape index (κ2) is 6.67. The van der Waals surface area contributed by atoms with E-state index in [4.69, 9.17) is 4.42 Å². The highest BCUT2D eigenvalue weighted by Crippen LogP contribution is 2.15. The molecule has 5 heteroatoms. The van der Waals surface area contributed by atoms with Gasteiger partial charge in [-0.25, -0.2) is 0 Å². The van der Waals surface area contributed by atoms with E-state index in [-0.39, 0.29) is 18.3 Å². The summed E-state index contributed by atoms with van der Waals surface area (Å²) in [6.45, 7) is 2.05. The summed E-state index contributed by atoms with van der Waals surface area (Å²) in [6.07, 6.45) is 6.28. The zero-order chi connectivity index (χ0) is 11.4. The van der Waals surface area contributed by atoms with Gasteiger partial charge in [-0.2, -0.15) is 0 Å². The Morgan fingerprint density at radius 3 is 3.00 bits per heavy atom. The van der Waals surface area contributed by atoms with E-state index in [1.807, 2.05) is 11.9 Å². The van der Waals surface area contributed by atoms with Crippen molar-refractivity contribution in [1.82, 2.24) is 10.2 Å². The first kappa shape index (κ1) is 14.1. The maximum Gasteiger partial charge on any atom is 0.257 e. The summed E-state index contributed by atoms with van der Waals surface area (Å²) in [5.41, 5.74) is 0.639. The normalized spacial score (nSPS) is 20.2. The average Bonchev–Trinajstić information content (AvgIpc) is 2.70. The molecule has 1 aliphatic heterocycles. The quantitative estimate of drug-likeness (QED) is 0.882. The molecule has 96 valence electrons. The molecule has 2 rings (SSSR count). The van der Waals surface area contributed by atoms with E-state index in [1.165, 1.54) is 12.5 Å². The van der Waals surface area contributed by atoms with Gasteiger partial charge in [0.05, 0.1) is 11.8 Å². The van der Waals surface area contributed by atoms with E-state index in [2.05, 4.69) is 5.32 Å². The van der Waals surface area contributed by atoms with Gasteiger partial charge in [0, 0.05) is 13.1 Å². The topological polar surface area (TPSA) is 45.5 Å². The first-order chi connectivity index (χ1) is 7.79. The van der Waals surface area contributed by atoms with Crippen LogP contribution in [0, 0.1) is 0 Å². The molecule has 1 aromatic rings. The van der Waals surface area contributed by atoms with Gasteiger partial charge in [0.2, 0.25) is 0 Å². The van der Waals surface area contributed by atoms with Crippen LogP contribution in [-0.4, -0.2) is 37.0 Å². The third-order valence-corrected chi connectivity index (χ3v) is 3.18. The van der Waals surface area contributed by atoms with E-state index in [0.717, 1.165) is 32.4 Å². The molecule has 0 radical (unpaired) electrons. The zero-order valence-electron chi connectivity index (χ0n) is 10.0. The molecule has 0 aliphatic carbocycles. The molecular formula is C12H19ClN2O2. The van der Waals surface area contributed by atoms with Gasteiger partial charge in [0.25, 0.3) is 5.91 Å². The number of hydrogen-bond donors (Lipinski definition) is 1. The minimum absolute atomic E-state index is 0. The Labute approximate surface area is 108 Å². The van der Waals surface area contributed by atoms with Crippen LogP contribution < -0.4 is 5.32 Å². The van der Waals surface area contributed by atoms with E-state index in [0.29, 0.717) is 11.6 Å². The molecule has 1 saturated heterocycles. The van der Waals surface area contributed by atoms with Gasteiger partial charge in [-0.05, 0) is 38.4 Å². The monoisotopic (exact) mass is 258 g/mol. The smallest absolute Gasteiger partial charge is 0.257 e. The lowest BCUT2D eigenvalue weighted by molar-refractivity contribution is 0.0719. The molecule has 4 nitrogen and oxygen atoms in total. The van der Waals surface area contributed by atoms with Crippen molar-refractivity contribution in [2.75, 3.05) is 20.1 Å². The van der Waals surface area contributed by atoms with Gasteiger partial charge in [-0.3, -0.25) is 4.79 Å². The van der Waals surface area contributed by atoms with Crippen molar-refractivity contribution < 1.29 is 9.21 Å². The summed E-state index contributed by atoms with van der Waals surface area (Å²) in [4.78, 5) is 13.9. The van der Waals surface area contributed by atoms with Gasteiger partial charge in [0.15, 0.2) is 0 Å². The molecule has 1 atom stereocenters. The van der Waals surface area contributed by atoms with Crippen LogP contribution in [-0.2, 0) is 0 Å². The predicted octanol–water partition coefficient (Wildman–Crippen LogP) is 1.92. The van der Waals surface area contributed by atoms with Gasteiger partial charge in [-0.15, -0.1) is 12.4 Å². The van der Waals surface area contributed by atoms with Crippen molar-refractivity contribution >= 4 is 18.3 Å². The highest BCUT2D eigenvalue weighted by Gasteiger charge is 2.22. The minimum atomic E-state index is 0. The number of hydrogen-bond acceptors (Lipinski definition) is 3. The van der Waals surface area contributed by atoms with Crippen LogP contribution in [0.15, 0.2) is 23.0 Å². The molecule has 1 amide bonds. The largest absolute Gasteiger partial charge is 0.472 e. The highest BCUT2D eigenvalue weighted by molar-refractivity contribution is 5.93. The fourth-order valence-electron chi connectivity index (χ4n) is 2.14. The van der Waals surface area contributed by atoms with Gasteiger partial charge >= 0.3 is 0 Å². The Kier molecular flexibility index (Phi) is 5.51. The van der Waals surface area contributed by atoms with E-state index >= 15 is 0 Å². The summed E-state index contributed by atoms with van der Waals surface area (Å²) in [5, 5.41) is 3.35. The lowest BCUT2D eigenvalue weighted by Crippen LogP contribution is -2.37. The number of carbonyl (C=O) groups excluding carboxylic acids is 1. The molecule has 1 aromatic heterocycles. The molecular weight excluding hydrogens is 240 g/mol. The number of furan rings is 1. The number of halogens is 1. The molecule has 0 aromatic carbocycles. The van der Waals surface area contributed by atoms with Gasteiger partial charge in [0.1, 0.15) is 6.26 Å². The van der Waals surface area contributed by atoms with Crippen molar-refractivity contribution in [2.45, 2.75) is 25.3 Å². The number of nitrogens with zero attached hydrogens (tertiary/aromatic N) is 1. The fourth-order valence-corrected chi connectivity index (χ4v) is 2.14. The maximum atomic E-state index is 12.1. The number of nitrogens with one attached hydrogen (secondary N) is 1. The molecule has 1 aliphatic rings. The molecule has 2 heterocycles. The van der Waals surface area contributed by atoms with Crippen LogP contribution >= 0.6 is 12.4 Å². The number of rotatable bonds is 2. The Balaban J connectivity index is 0.00000144. The second-order valence-electron chi connectivity index (χ2n) is 4.26. The predicted molar refractivity (Wildman–Crippen MR) is 68.6 cm³/mol. The number of amides is 1. The summed E-state index contributed by atoms with van der Waals surface area (Å²) in [6, 6.07) is 2.06. The van der Waals surface area contributed by atoms with Gasteiger partial charge < -0.3 is 14.6 Å². The summed E-state index contributed by atoms with van der Waals surface area (Å²) in [5.74, 6) is 0.0562. The van der Waals surface area contributed by atoms with Crippen molar-refractivity contribution in [3.63, 3.8) is 0 Å². The van der Waals surface area contributed by atoms with Crippen molar-refractivity contribution in [3.05, 3.63) is 24.2 Å². The van der Waals surface area contributed by atoms with Crippen LogP contribution in [0.4, 0.5) is 0 Å². The Bertz CT molecular complexity index is 332. The first-order valence-corrected chi connectivity index (χ1v) is 5.79. The summed E-state index contributed by atoms with van der Waals surface area (Å²) < 4.78 is 4.94. The first-order valence-electron chi connectivity index (χ1n) is 5.79. The van der Waals surface area contributed by atoms with E-state index in [9.17, 15) is 4.79 Å². The lowest BCUT2D eigenvalue weighted by atomic mass is 10.1. The molecule has 0 spiro atoms. The summed E-state index contributed by atoms with van der Waals surface area (Å²) in [7, 11) is 1.88. The third-order valence-electron chi connectivity index (χ3n) is 3.18. The minimum Gasteiger partial charge on any atom is -0.472 e.